The van der Waals surface area contributed by atoms with Gasteiger partial charge < -0.3 is 19.1 Å². The van der Waals surface area contributed by atoms with E-state index in [2.05, 4.69) is 45.9 Å². The third-order valence-corrected chi connectivity index (χ3v) is 4.76. The molecule has 1 heterocycles. The first-order chi connectivity index (χ1) is 11.6. The average Bonchev–Trinajstić information content (AvgIpc) is 2.56. The molecule has 136 valence electrons. The van der Waals surface area contributed by atoms with Gasteiger partial charge in [0, 0.05) is 0 Å². The molecule has 4 nitrogen and oxygen atoms in total. The van der Waals surface area contributed by atoms with Gasteiger partial charge in [0.15, 0.2) is 0 Å². The summed E-state index contributed by atoms with van der Waals surface area (Å²) in [6.07, 6.45) is 1.82. The van der Waals surface area contributed by atoms with Crippen LogP contribution in [-0.4, -0.2) is 51.7 Å². The van der Waals surface area contributed by atoms with Crippen molar-refractivity contribution in [1.82, 2.24) is 0 Å². The lowest BCUT2D eigenvalue weighted by molar-refractivity contribution is -0.915. The van der Waals surface area contributed by atoms with E-state index >= 15 is 0 Å². The number of nitrogens with one attached hydrogen (secondary N) is 1. The molecule has 1 aromatic carbocycles. The minimum Gasteiger partial charge on any atom is -0.491 e. The predicted molar refractivity (Wildman–Crippen MR) is 97.0 cm³/mol. The molecule has 1 unspecified atom stereocenters. The van der Waals surface area contributed by atoms with Crippen LogP contribution < -0.4 is 9.64 Å². The van der Waals surface area contributed by atoms with Gasteiger partial charge >= 0.3 is 0 Å². The van der Waals surface area contributed by atoms with Crippen LogP contribution in [0.3, 0.4) is 0 Å². The van der Waals surface area contributed by atoms with Crippen molar-refractivity contribution in [3.8, 4) is 5.75 Å². The number of morpholine rings is 1. The number of rotatable bonds is 9. The zero-order valence-electron chi connectivity index (χ0n) is 15.7. The maximum Gasteiger partial charge on any atom is 0.122 e. The van der Waals surface area contributed by atoms with Gasteiger partial charge in [0.25, 0.3) is 0 Å². The standard InChI is InChI=1S/C20H33NO3/c1-5-16(2)19-8-6-7-9-20(19)23-13-12-22-11-10-21-14-17(3)24-18(4)15-21/h6-9,16-18H,5,10-15H2,1-4H3/p+1/t16-,17-,18+/m1/s1. The molecule has 1 aromatic rings. The van der Waals surface area contributed by atoms with Crippen LogP contribution in [0, 0.1) is 0 Å². The van der Waals surface area contributed by atoms with Crippen molar-refractivity contribution in [2.24, 2.45) is 0 Å². The summed E-state index contributed by atoms with van der Waals surface area (Å²) >= 11 is 0. The first-order valence-electron chi connectivity index (χ1n) is 9.38. The third kappa shape index (κ3) is 6.08. The Morgan fingerprint density at radius 2 is 1.83 bits per heavy atom. The van der Waals surface area contributed by atoms with E-state index in [0.717, 1.165) is 38.4 Å². The van der Waals surface area contributed by atoms with Gasteiger partial charge in [0.1, 0.15) is 44.2 Å². The lowest BCUT2D eigenvalue weighted by atomic mass is 9.98. The van der Waals surface area contributed by atoms with E-state index in [9.17, 15) is 0 Å². The Balaban J connectivity index is 1.63. The van der Waals surface area contributed by atoms with Crippen molar-refractivity contribution in [3.05, 3.63) is 29.8 Å². The number of ether oxygens (including phenoxy) is 3. The molecule has 0 bridgehead atoms. The molecule has 24 heavy (non-hydrogen) atoms. The Kier molecular flexibility index (Phi) is 8.03. The smallest absolute Gasteiger partial charge is 0.122 e. The zero-order chi connectivity index (χ0) is 17.4. The molecule has 1 aliphatic heterocycles. The fourth-order valence-corrected chi connectivity index (χ4v) is 3.36. The highest BCUT2D eigenvalue weighted by atomic mass is 16.5. The molecular formula is C20H34NO3+. The van der Waals surface area contributed by atoms with Crippen molar-refractivity contribution < 1.29 is 19.1 Å². The van der Waals surface area contributed by atoms with Gasteiger partial charge in [-0.15, -0.1) is 0 Å². The van der Waals surface area contributed by atoms with Crippen LogP contribution in [0.4, 0.5) is 0 Å². The minimum absolute atomic E-state index is 0.351. The number of para-hydroxylation sites is 1. The Bertz CT molecular complexity index is 470. The normalized spacial score (nSPS) is 25.4. The highest BCUT2D eigenvalue weighted by Gasteiger charge is 2.24. The third-order valence-electron chi connectivity index (χ3n) is 4.76. The van der Waals surface area contributed by atoms with E-state index in [1.807, 2.05) is 6.07 Å². The SMILES string of the molecule is CC[C@@H](C)c1ccccc1OCCOCC[NH+]1C[C@@H](C)O[C@@H](C)C1. The van der Waals surface area contributed by atoms with Crippen LogP contribution in [0.15, 0.2) is 24.3 Å². The van der Waals surface area contributed by atoms with Gasteiger partial charge in [0.05, 0.1) is 13.2 Å². The molecular weight excluding hydrogens is 302 g/mol. The van der Waals surface area contributed by atoms with E-state index in [-0.39, 0.29) is 0 Å². The van der Waals surface area contributed by atoms with Crippen LogP contribution in [0.25, 0.3) is 0 Å². The summed E-state index contributed by atoms with van der Waals surface area (Å²) in [4.78, 5) is 1.57. The van der Waals surface area contributed by atoms with Crippen LogP contribution in [-0.2, 0) is 9.47 Å². The molecule has 1 aliphatic rings. The highest BCUT2D eigenvalue weighted by molar-refractivity contribution is 5.35. The van der Waals surface area contributed by atoms with E-state index in [4.69, 9.17) is 14.2 Å². The zero-order valence-corrected chi connectivity index (χ0v) is 15.7. The van der Waals surface area contributed by atoms with E-state index in [1.54, 1.807) is 4.90 Å². The van der Waals surface area contributed by atoms with Crippen LogP contribution >= 0.6 is 0 Å². The van der Waals surface area contributed by atoms with Gasteiger partial charge in [-0.05, 0) is 37.8 Å². The summed E-state index contributed by atoms with van der Waals surface area (Å²) in [5, 5.41) is 0. The van der Waals surface area contributed by atoms with Crippen molar-refractivity contribution in [3.63, 3.8) is 0 Å². The van der Waals surface area contributed by atoms with Crippen LogP contribution in [0.5, 0.6) is 5.75 Å². The maximum atomic E-state index is 5.93. The summed E-state index contributed by atoms with van der Waals surface area (Å²) in [6, 6.07) is 8.33. The van der Waals surface area contributed by atoms with Crippen molar-refractivity contribution in [2.45, 2.75) is 52.2 Å². The van der Waals surface area contributed by atoms with Gasteiger partial charge in [-0.3, -0.25) is 0 Å². The lowest BCUT2D eigenvalue weighted by Gasteiger charge is -2.32. The van der Waals surface area contributed by atoms with Gasteiger partial charge in [0.2, 0.25) is 0 Å². The quantitative estimate of drug-likeness (QED) is 0.702. The van der Waals surface area contributed by atoms with Gasteiger partial charge in [-0.1, -0.05) is 32.0 Å². The van der Waals surface area contributed by atoms with Crippen molar-refractivity contribution in [2.75, 3.05) is 39.5 Å². The predicted octanol–water partition coefficient (Wildman–Crippen LogP) is 2.29. The first kappa shape index (κ1) is 19.2. The second kappa shape index (κ2) is 10.0. The van der Waals surface area contributed by atoms with Gasteiger partial charge in [-0.25, -0.2) is 0 Å². The largest absolute Gasteiger partial charge is 0.491 e. The monoisotopic (exact) mass is 336 g/mol. The highest BCUT2D eigenvalue weighted by Crippen LogP contribution is 2.28. The maximum absolute atomic E-state index is 5.93. The Labute approximate surface area is 147 Å². The fourth-order valence-electron chi connectivity index (χ4n) is 3.36. The summed E-state index contributed by atoms with van der Waals surface area (Å²) in [7, 11) is 0. The molecule has 0 aliphatic carbocycles. The molecule has 0 spiro atoms. The second-order valence-corrected chi connectivity index (χ2v) is 6.97. The molecule has 0 saturated carbocycles. The second-order valence-electron chi connectivity index (χ2n) is 6.97. The molecule has 1 fully saturated rings. The Hall–Kier alpha value is -1.10. The molecule has 0 aromatic heterocycles. The van der Waals surface area contributed by atoms with Crippen molar-refractivity contribution in [1.29, 1.82) is 0 Å². The van der Waals surface area contributed by atoms with Crippen LogP contribution in [0.1, 0.15) is 45.6 Å². The fraction of sp³-hybridized carbons (Fsp3) is 0.700. The molecule has 0 radical (unpaired) electrons. The van der Waals surface area contributed by atoms with E-state index in [1.165, 1.54) is 5.56 Å². The number of hydrogen-bond acceptors (Lipinski definition) is 3. The average molecular weight is 336 g/mol. The number of benzene rings is 1. The summed E-state index contributed by atoms with van der Waals surface area (Å²) in [5.74, 6) is 1.52. The Morgan fingerprint density at radius 3 is 2.54 bits per heavy atom. The molecule has 4 heteroatoms. The lowest BCUT2D eigenvalue weighted by Crippen LogP contribution is -3.15. The molecule has 1 saturated heterocycles. The number of hydrogen-bond donors (Lipinski definition) is 1. The van der Waals surface area contributed by atoms with E-state index < -0.39 is 0 Å². The van der Waals surface area contributed by atoms with E-state index in [0.29, 0.717) is 31.3 Å². The van der Waals surface area contributed by atoms with Crippen LogP contribution in [0.2, 0.25) is 0 Å². The molecule has 0 amide bonds. The first-order valence-corrected chi connectivity index (χ1v) is 9.38. The minimum atomic E-state index is 0.351. The Morgan fingerprint density at radius 1 is 1.12 bits per heavy atom. The molecule has 4 atom stereocenters. The van der Waals surface area contributed by atoms with Crippen molar-refractivity contribution >= 4 is 0 Å². The summed E-state index contributed by atoms with van der Waals surface area (Å²) in [5.41, 5.74) is 1.29. The van der Waals surface area contributed by atoms with Gasteiger partial charge in [-0.2, -0.15) is 0 Å². The number of quaternary nitrogens is 1. The molecule has 2 rings (SSSR count). The molecule has 1 N–H and O–H groups in total. The topological polar surface area (TPSA) is 32.1 Å². The summed E-state index contributed by atoms with van der Waals surface area (Å²) < 4.78 is 17.5. The summed E-state index contributed by atoms with van der Waals surface area (Å²) in [6.45, 7) is 14.0.